The van der Waals surface area contributed by atoms with E-state index in [0.29, 0.717) is 22.3 Å². The Labute approximate surface area is 218 Å². The number of hydrogen-bond acceptors (Lipinski definition) is 15. The van der Waals surface area contributed by atoms with Crippen molar-refractivity contribution >= 4 is 28.1 Å². The summed E-state index contributed by atoms with van der Waals surface area (Å²) in [4.78, 5) is 20.1. The quantitative estimate of drug-likeness (QED) is 0.120. The molecule has 0 saturated carbocycles. The van der Waals surface area contributed by atoms with Gasteiger partial charge in [-0.3, -0.25) is 14.5 Å². The van der Waals surface area contributed by atoms with Crippen molar-refractivity contribution in [1.82, 2.24) is 38.6 Å². The van der Waals surface area contributed by atoms with E-state index >= 15 is 0 Å². The Bertz CT molecular complexity index is 1520. The van der Waals surface area contributed by atoms with Gasteiger partial charge in [0, 0.05) is 7.05 Å². The van der Waals surface area contributed by atoms with E-state index in [2.05, 4.69) is 24.9 Å². The van der Waals surface area contributed by atoms with Crippen molar-refractivity contribution < 1.29 is 40.1 Å². The maximum Gasteiger partial charge on any atom is 0.167 e. The molecular formula is C21H28N10O8. The van der Waals surface area contributed by atoms with Crippen LogP contribution in [0.1, 0.15) is 12.5 Å². The number of ether oxygens (including phenoxy) is 2. The molecule has 0 spiro atoms. The highest BCUT2D eigenvalue weighted by Gasteiger charge is 2.45. The van der Waals surface area contributed by atoms with Crippen LogP contribution in [0.4, 0.5) is 5.82 Å². The number of nitrogens with zero attached hydrogens (tertiary/aromatic N) is 8. The van der Waals surface area contributed by atoms with Crippen LogP contribution in [0.25, 0.3) is 22.3 Å². The third-order valence-corrected chi connectivity index (χ3v) is 6.67. The molecular weight excluding hydrogens is 520 g/mol. The molecule has 2 saturated heterocycles. The third kappa shape index (κ3) is 4.51. The normalized spacial score (nSPS) is 30.6. The molecule has 2 fully saturated rings. The number of nitrogen functional groups attached to an aromatic ring is 1. The van der Waals surface area contributed by atoms with Gasteiger partial charge in [0.05, 0.1) is 32.2 Å². The van der Waals surface area contributed by atoms with E-state index in [4.69, 9.17) is 30.8 Å². The van der Waals surface area contributed by atoms with E-state index in [0.717, 1.165) is 0 Å². The molecule has 18 nitrogen and oxygen atoms in total. The first-order chi connectivity index (χ1) is 18.7. The molecule has 39 heavy (non-hydrogen) atoms. The maximum atomic E-state index is 10.00. The Hall–Kier alpha value is -3.62. The van der Waals surface area contributed by atoms with Crippen LogP contribution in [0, 0.1) is 5.41 Å². The highest BCUT2D eigenvalue weighted by molar-refractivity contribution is 5.81. The van der Waals surface area contributed by atoms with E-state index in [1.165, 1.54) is 39.0 Å². The molecule has 0 amide bonds. The monoisotopic (exact) mass is 548 g/mol. The van der Waals surface area contributed by atoms with Crippen molar-refractivity contribution in [2.75, 3.05) is 18.9 Å². The van der Waals surface area contributed by atoms with Crippen molar-refractivity contribution in [2.24, 2.45) is 7.05 Å². The van der Waals surface area contributed by atoms with Gasteiger partial charge in [-0.15, -0.1) is 0 Å². The lowest BCUT2D eigenvalue weighted by atomic mass is 10.1. The van der Waals surface area contributed by atoms with Crippen LogP contribution in [0.2, 0.25) is 0 Å². The fourth-order valence-electron chi connectivity index (χ4n) is 4.48. The summed E-state index contributed by atoms with van der Waals surface area (Å²) in [6.45, 7) is -0.786. The molecule has 0 unspecified atom stereocenters. The Morgan fingerprint density at radius 3 is 1.79 bits per heavy atom. The molecule has 0 aliphatic carbocycles. The summed E-state index contributed by atoms with van der Waals surface area (Å²) in [6.07, 6.45) is -2.70. The molecule has 0 bridgehead atoms. The number of aryl methyl sites for hydroxylation is 1. The summed E-state index contributed by atoms with van der Waals surface area (Å²) < 4.78 is 15.2. The Kier molecular flexibility index (Phi) is 7.27. The number of hydrogen-bond donors (Lipinski definition) is 8. The number of imidazole rings is 2. The first kappa shape index (κ1) is 27.0. The molecule has 2 aliphatic rings. The van der Waals surface area contributed by atoms with Crippen molar-refractivity contribution in [3.05, 3.63) is 30.8 Å². The Balaban J connectivity index is 0.000000158. The number of aromatic nitrogens is 8. The minimum absolute atomic E-state index is 0.181. The summed E-state index contributed by atoms with van der Waals surface area (Å²) in [5.74, 6) is 0.218. The molecule has 0 radical (unpaired) electrons. The van der Waals surface area contributed by atoms with E-state index in [-0.39, 0.29) is 11.3 Å². The lowest BCUT2D eigenvalue weighted by Crippen LogP contribution is -2.33. The Morgan fingerprint density at radius 1 is 0.769 bits per heavy atom. The number of nitrogens with one attached hydrogen (secondary N) is 1. The zero-order valence-electron chi connectivity index (χ0n) is 20.5. The number of aliphatic hydroxyl groups excluding tert-OH is 6. The average molecular weight is 549 g/mol. The van der Waals surface area contributed by atoms with Crippen molar-refractivity contribution in [3.63, 3.8) is 0 Å². The molecule has 6 rings (SSSR count). The van der Waals surface area contributed by atoms with E-state index in [9.17, 15) is 20.4 Å². The molecule has 6 heterocycles. The van der Waals surface area contributed by atoms with Crippen LogP contribution < -0.4 is 11.2 Å². The Morgan fingerprint density at radius 2 is 1.28 bits per heavy atom. The van der Waals surface area contributed by atoms with Gasteiger partial charge in [-0.2, -0.15) is 0 Å². The lowest BCUT2D eigenvalue weighted by Gasteiger charge is -2.16. The number of nitrogens with two attached hydrogens (primary N) is 1. The summed E-state index contributed by atoms with van der Waals surface area (Å²) in [5, 5.41) is 65.5. The van der Waals surface area contributed by atoms with Gasteiger partial charge in [0.25, 0.3) is 0 Å². The second kappa shape index (κ2) is 10.5. The van der Waals surface area contributed by atoms with Gasteiger partial charge >= 0.3 is 0 Å². The summed E-state index contributed by atoms with van der Waals surface area (Å²) in [7, 11) is 1.68. The highest BCUT2D eigenvalue weighted by Crippen LogP contribution is 2.32. The summed E-state index contributed by atoms with van der Waals surface area (Å²) in [5.41, 5.74) is 7.37. The van der Waals surface area contributed by atoms with Crippen molar-refractivity contribution in [2.45, 2.75) is 49.1 Å². The first-order valence-corrected chi connectivity index (χ1v) is 11.8. The molecule has 9 N–H and O–H groups in total. The van der Waals surface area contributed by atoms with E-state index in [1.54, 1.807) is 7.05 Å². The predicted molar refractivity (Wildman–Crippen MR) is 128 cm³/mol. The van der Waals surface area contributed by atoms with Gasteiger partial charge in [0.1, 0.15) is 54.0 Å². The van der Waals surface area contributed by atoms with Gasteiger partial charge < -0.3 is 50.4 Å². The van der Waals surface area contributed by atoms with E-state index in [1.807, 2.05) is 0 Å². The minimum Gasteiger partial charge on any atom is -0.394 e. The van der Waals surface area contributed by atoms with Crippen molar-refractivity contribution in [1.29, 1.82) is 5.41 Å². The second-order valence-electron chi connectivity index (χ2n) is 9.07. The largest absolute Gasteiger partial charge is 0.394 e. The number of fused-ring (bicyclic) bond motifs is 2. The fraction of sp³-hybridized carbons (Fsp3) is 0.524. The predicted octanol–water partition coefficient (Wildman–Crippen LogP) is -4.12. The molecule has 4 aromatic heterocycles. The number of anilines is 1. The minimum atomic E-state index is -1.20. The van der Waals surface area contributed by atoms with Crippen LogP contribution in [0.15, 0.2) is 25.3 Å². The standard InChI is InChI=1S/C11H15N5O4.C10H13N5O4/c1-15-3-14-10-6(9(15)12)13-4-16(10)11-8(19)7(18)5(2-17)20-11;11-8-5-9(13-2-12-8)15(3-14-5)10-7(18)6(17)4(1-16)19-10/h3-5,7-8,11-12,17-19H,2H2,1H3;2-4,6-7,10,16-18H,1H2,(H2,11,12,13)/t5-,7-,8-,11-;4-,6-,7-,10-/m11/s1. The fourth-order valence-corrected chi connectivity index (χ4v) is 4.48. The first-order valence-electron chi connectivity index (χ1n) is 11.8. The molecule has 210 valence electrons. The number of rotatable bonds is 4. The lowest BCUT2D eigenvalue weighted by molar-refractivity contribution is -0.0511. The van der Waals surface area contributed by atoms with Crippen LogP contribution in [0.3, 0.4) is 0 Å². The van der Waals surface area contributed by atoms with Gasteiger partial charge in [0.2, 0.25) is 0 Å². The maximum absolute atomic E-state index is 10.00. The topological polar surface area (TPSA) is 269 Å². The zero-order chi connectivity index (χ0) is 28.0. The van der Waals surface area contributed by atoms with Crippen molar-refractivity contribution in [3.8, 4) is 0 Å². The van der Waals surface area contributed by atoms with E-state index < -0.39 is 62.3 Å². The second-order valence-corrected chi connectivity index (χ2v) is 9.07. The third-order valence-electron chi connectivity index (χ3n) is 6.67. The van der Waals surface area contributed by atoms with Gasteiger partial charge in [-0.05, 0) is 0 Å². The molecule has 2 aliphatic heterocycles. The smallest absolute Gasteiger partial charge is 0.167 e. The summed E-state index contributed by atoms with van der Waals surface area (Å²) >= 11 is 0. The zero-order valence-corrected chi connectivity index (χ0v) is 20.5. The molecule has 4 aromatic rings. The van der Waals surface area contributed by atoms with Crippen LogP contribution in [-0.4, -0.2) is 119 Å². The van der Waals surface area contributed by atoms with Gasteiger partial charge in [-0.25, -0.2) is 24.9 Å². The molecule has 18 heteroatoms. The SMILES string of the molecule is Cn1cnc2c(ncn2[C@@H]2O[C@H](CO)[C@@H](O)[C@H]2O)c1=N.Nc1ncnc2c1ncn2[C@@H]1O[C@H](CO)[C@@H](O)[C@H]1O. The van der Waals surface area contributed by atoms with Gasteiger partial charge in [-0.1, -0.05) is 0 Å². The number of aliphatic hydroxyl groups is 6. The molecule has 0 aromatic carbocycles. The average Bonchev–Trinajstić information content (AvgIpc) is 3.68. The van der Waals surface area contributed by atoms with Gasteiger partial charge in [0.15, 0.2) is 35.1 Å². The molecule has 8 atom stereocenters. The summed E-state index contributed by atoms with van der Waals surface area (Å²) in [6, 6.07) is 0. The van der Waals surface area contributed by atoms with Crippen LogP contribution in [0.5, 0.6) is 0 Å². The van der Waals surface area contributed by atoms with Crippen LogP contribution >= 0.6 is 0 Å². The highest BCUT2D eigenvalue weighted by atomic mass is 16.6. The van der Waals surface area contributed by atoms with Crippen LogP contribution in [-0.2, 0) is 16.5 Å².